The van der Waals surface area contributed by atoms with Crippen LogP contribution in [0.1, 0.15) is 31.9 Å². The van der Waals surface area contributed by atoms with Crippen molar-refractivity contribution in [3.8, 4) is 0 Å². The summed E-state index contributed by atoms with van der Waals surface area (Å²) in [7, 11) is 0. The van der Waals surface area contributed by atoms with Crippen LogP contribution in [0.25, 0.3) is 5.57 Å². The average molecular weight is 433 g/mol. The molecule has 3 nitrogen and oxygen atoms in total. The number of halogens is 1. The molecule has 0 radical (unpaired) electrons. The first-order valence-electron chi connectivity index (χ1n) is 10.8. The van der Waals surface area contributed by atoms with Gasteiger partial charge in [-0.1, -0.05) is 91.7 Å². The summed E-state index contributed by atoms with van der Waals surface area (Å²) in [5.74, 6) is -1.97. The third kappa shape index (κ3) is 2.57. The van der Waals surface area contributed by atoms with E-state index in [1.54, 1.807) is 6.92 Å². The summed E-state index contributed by atoms with van der Waals surface area (Å²) in [5, 5.41) is 11.8. The number of fused-ring (bicyclic) bond motifs is 1. The maximum atomic E-state index is 13.9. The lowest BCUT2D eigenvalue weighted by molar-refractivity contribution is -0.161. The van der Waals surface area contributed by atoms with Crippen LogP contribution in [-0.4, -0.2) is 22.3 Å². The number of Topliss-reactive ketones (excluding diaryl/α,β-unsaturated/α-hetero) is 2. The van der Waals surface area contributed by atoms with Gasteiger partial charge in [-0.2, -0.15) is 0 Å². The van der Waals surface area contributed by atoms with Gasteiger partial charge in [0.25, 0.3) is 0 Å². The molecule has 0 unspecified atom stereocenters. The third-order valence-corrected chi connectivity index (χ3v) is 7.82. The minimum Gasteiger partial charge on any atom is -0.382 e. The summed E-state index contributed by atoms with van der Waals surface area (Å²) in [6.45, 7) is 5.68. The van der Waals surface area contributed by atoms with Gasteiger partial charge >= 0.3 is 0 Å². The summed E-state index contributed by atoms with van der Waals surface area (Å²) in [5.41, 5.74) is 0.699. The van der Waals surface area contributed by atoms with E-state index in [-0.39, 0.29) is 17.5 Å². The van der Waals surface area contributed by atoms with Crippen LogP contribution in [0.2, 0.25) is 5.02 Å². The Hall–Kier alpha value is -2.49. The van der Waals surface area contributed by atoms with Gasteiger partial charge in [0.2, 0.25) is 0 Å². The fourth-order valence-electron chi connectivity index (χ4n) is 6.08. The molecule has 0 amide bonds. The number of hydrogen-bond acceptors (Lipinski definition) is 3. The van der Waals surface area contributed by atoms with E-state index in [0.29, 0.717) is 10.6 Å². The maximum absolute atomic E-state index is 13.9. The number of aliphatic hydroxyl groups is 1. The van der Waals surface area contributed by atoms with Crippen LogP contribution in [0, 0.1) is 23.7 Å². The van der Waals surface area contributed by atoms with Gasteiger partial charge in [-0.25, -0.2) is 0 Å². The third-order valence-electron chi connectivity index (χ3n) is 7.49. The highest BCUT2D eigenvalue weighted by Crippen LogP contribution is 2.65. The topological polar surface area (TPSA) is 54.4 Å². The maximum Gasteiger partial charge on any atom is 0.173 e. The van der Waals surface area contributed by atoms with Gasteiger partial charge in [-0.3, -0.25) is 9.59 Å². The number of rotatable bonds is 3. The molecule has 1 saturated carbocycles. The number of allylic oxidation sites excluding steroid dienone is 3. The van der Waals surface area contributed by atoms with Crippen molar-refractivity contribution < 1.29 is 14.7 Å². The van der Waals surface area contributed by atoms with Crippen LogP contribution in [0.15, 0.2) is 72.3 Å². The molecule has 31 heavy (non-hydrogen) atoms. The zero-order chi connectivity index (χ0) is 22.1. The largest absolute Gasteiger partial charge is 0.382 e. The first kappa shape index (κ1) is 20.4. The molecule has 4 aliphatic rings. The zero-order valence-electron chi connectivity index (χ0n) is 17.8. The molecular weight excluding hydrogens is 408 g/mol. The van der Waals surface area contributed by atoms with Gasteiger partial charge in [0.15, 0.2) is 11.6 Å². The van der Waals surface area contributed by atoms with Crippen molar-refractivity contribution in [3.05, 3.63) is 88.5 Å². The molecule has 2 aromatic carbocycles. The Morgan fingerprint density at radius 1 is 1.00 bits per heavy atom. The molecular formula is C27H25ClO3. The monoisotopic (exact) mass is 432 g/mol. The molecule has 5 atom stereocenters. The Balaban J connectivity index is 1.86. The highest BCUT2D eigenvalue weighted by molar-refractivity contribution is 6.32. The molecule has 1 N–H and O–H groups in total. The highest BCUT2D eigenvalue weighted by Gasteiger charge is 2.70. The Morgan fingerprint density at radius 2 is 1.65 bits per heavy atom. The average Bonchev–Trinajstić information content (AvgIpc) is 3.06. The fraction of sp³-hybridized carbons (Fsp3) is 0.333. The van der Waals surface area contributed by atoms with Crippen molar-refractivity contribution in [1.29, 1.82) is 0 Å². The summed E-state index contributed by atoms with van der Waals surface area (Å²) in [6.07, 6.45) is 3.98. The molecule has 158 valence electrons. The molecule has 0 aliphatic heterocycles. The van der Waals surface area contributed by atoms with Gasteiger partial charge in [-0.15, -0.1) is 0 Å². The molecule has 6 rings (SSSR count). The highest BCUT2D eigenvalue weighted by atomic mass is 35.5. The SMILES string of the molecule is CC(C)C1=C[C@H]2[C@H]3C(=O)C(c4ccccc4)=C[C@@]3(c3ccccc3Cl)[C@@H]1C(=O)[C@]2(C)O. The summed E-state index contributed by atoms with van der Waals surface area (Å²) in [4.78, 5) is 27.7. The van der Waals surface area contributed by atoms with Crippen LogP contribution >= 0.6 is 11.6 Å². The fourth-order valence-corrected chi connectivity index (χ4v) is 6.38. The lowest BCUT2D eigenvalue weighted by Gasteiger charge is -2.57. The van der Waals surface area contributed by atoms with Gasteiger partial charge in [0.05, 0.1) is 5.92 Å². The second-order valence-electron chi connectivity index (χ2n) is 9.47. The molecule has 0 saturated heterocycles. The van der Waals surface area contributed by atoms with Crippen molar-refractivity contribution in [2.45, 2.75) is 31.8 Å². The molecule has 2 bridgehead atoms. The predicted octanol–water partition coefficient (Wildman–Crippen LogP) is 5.02. The quantitative estimate of drug-likeness (QED) is 0.692. The predicted molar refractivity (Wildman–Crippen MR) is 122 cm³/mol. The number of ketones is 2. The zero-order valence-corrected chi connectivity index (χ0v) is 18.6. The van der Waals surface area contributed by atoms with Crippen LogP contribution in [-0.2, 0) is 15.0 Å². The van der Waals surface area contributed by atoms with E-state index in [1.165, 1.54) is 0 Å². The van der Waals surface area contributed by atoms with E-state index in [4.69, 9.17) is 11.6 Å². The Morgan fingerprint density at radius 3 is 2.29 bits per heavy atom. The smallest absolute Gasteiger partial charge is 0.173 e. The van der Waals surface area contributed by atoms with Crippen LogP contribution in [0.3, 0.4) is 0 Å². The van der Waals surface area contributed by atoms with E-state index in [2.05, 4.69) is 13.8 Å². The number of carbonyl (C=O) groups is 2. The van der Waals surface area contributed by atoms with Crippen molar-refractivity contribution in [2.24, 2.45) is 23.7 Å². The minimum absolute atomic E-state index is 0.0343. The van der Waals surface area contributed by atoms with Crippen LogP contribution in [0.4, 0.5) is 0 Å². The van der Waals surface area contributed by atoms with Gasteiger partial charge in [0.1, 0.15) is 5.60 Å². The molecule has 0 spiro atoms. The Labute approximate surface area is 187 Å². The number of hydrogen-bond donors (Lipinski definition) is 1. The van der Waals surface area contributed by atoms with Crippen molar-refractivity contribution in [2.75, 3.05) is 0 Å². The van der Waals surface area contributed by atoms with E-state index in [1.807, 2.05) is 66.7 Å². The lowest BCUT2D eigenvalue weighted by Crippen LogP contribution is -2.67. The second kappa shape index (κ2) is 6.75. The summed E-state index contributed by atoms with van der Waals surface area (Å²) >= 11 is 6.71. The van der Waals surface area contributed by atoms with E-state index >= 15 is 0 Å². The Bertz CT molecular complexity index is 1160. The van der Waals surface area contributed by atoms with Crippen LogP contribution in [0.5, 0.6) is 0 Å². The molecule has 0 heterocycles. The van der Waals surface area contributed by atoms with Crippen molar-refractivity contribution in [1.82, 2.24) is 0 Å². The molecule has 1 fully saturated rings. The molecule has 0 aromatic heterocycles. The lowest BCUT2D eigenvalue weighted by atomic mass is 9.44. The molecule has 4 aliphatic carbocycles. The standard InChI is InChI=1S/C27H25ClO3/c1-15(2)17-13-20-23-24(29)18(16-9-5-4-6-10-16)14-27(23,19-11-7-8-12-21(19)28)22(17)25(30)26(20,3)31/h4-15,20,22-23,31H,1-3H3/t20-,22-,23-,26+,27+/m0/s1. The van der Waals surface area contributed by atoms with E-state index < -0.39 is 28.8 Å². The first-order chi connectivity index (χ1) is 14.7. The first-order valence-corrected chi connectivity index (χ1v) is 11.1. The molecule has 2 aromatic rings. The van der Waals surface area contributed by atoms with Crippen molar-refractivity contribution >= 4 is 28.7 Å². The number of benzene rings is 2. The van der Waals surface area contributed by atoms with Gasteiger partial charge in [-0.05, 0) is 30.0 Å². The number of carbonyl (C=O) groups excluding carboxylic acids is 2. The van der Waals surface area contributed by atoms with Gasteiger partial charge < -0.3 is 5.11 Å². The van der Waals surface area contributed by atoms with Crippen LogP contribution < -0.4 is 0 Å². The van der Waals surface area contributed by atoms with Gasteiger partial charge in [0, 0.05) is 27.8 Å². The minimum atomic E-state index is -1.59. The van der Waals surface area contributed by atoms with E-state index in [9.17, 15) is 14.7 Å². The molecule has 4 heteroatoms. The summed E-state index contributed by atoms with van der Waals surface area (Å²) in [6, 6.07) is 17.0. The Kier molecular flexibility index (Phi) is 4.45. The normalized spacial score (nSPS) is 34.1. The van der Waals surface area contributed by atoms with E-state index in [0.717, 1.165) is 16.7 Å². The summed E-state index contributed by atoms with van der Waals surface area (Å²) < 4.78 is 0. The van der Waals surface area contributed by atoms with Crippen molar-refractivity contribution in [3.63, 3.8) is 0 Å². The second-order valence-corrected chi connectivity index (χ2v) is 9.88.